The summed E-state index contributed by atoms with van der Waals surface area (Å²) in [5.41, 5.74) is 1.66. The first-order chi connectivity index (χ1) is 15.9. The number of aliphatic hydroxyl groups is 1. The van der Waals surface area contributed by atoms with Gasteiger partial charge in [0.1, 0.15) is 0 Å². The molecule has 0 unspecified atom stereocenters. The number of fused-ring (bicyclic) bond motifs is 2. The largest absolute Gasteiger partial charge is 0.395 e. The fourth-order valence-electron chi connectivity index (χ4n) is 5.02. The van der Waals surface area contributed by atoms with E-state index >= 15 is 0 Å². The summed E-state index contributed by atoms with van der Waals surface area (Å²) in [6, 6.07) is 15.7. The number of rotatable bonds is 8. The molecule has 6 nitrogen and oxygen atoms in total. The van der Waals surface area contributed by atoms with Crippen molar-refractivity contribution in [2.45, 2.75) is 38.0 Å². The van der Waals surface area contributed by atoms with Crippen molar-refractivity contribution in [2.75, 3.05) is 24.6 Å². The highest BCUT2D eigenvalue weighted by Gasteiger charge is 2.60. The first kappa shape index (κ1) is 23.9. The Balaban J connectivity index is 1.56. The minimum absolute atomic E-state index is 0.0741. The van der Waals surface area contributed by atoms with Crippen LogP contribution in [0, 0.1) is 9.49 Å². The first-order valence-corrected chi connectivity index (χ1v) is 12.3. The Morgan fingerprint density at radius 2 is 2.09 bits per heavy atom. The van der Waals surface area contributed by atoms with E-state index in [0.29, 0.717) is 19.5 Å². The van der Waals surface area contributed by atoms with Gasteiger partial charge in [-0.2, -0.15) is 0 Å². The molecule has 0 bridgehead atoms. The molecule has 3 atom stereocenters. The number of nitrogens with zero attached hydrogens (tertiary/aromatic N) is 2. The van der Waals surface area contributed by atoms with Crippen molar-refractivity contribution in [1.82, 2.24) is 4.90 Å². The number of amides is 2. The number of benzene rings is 2. The molecule has 1 fully saturated rings. The zero-order valence-corrected chi connectivity index (χ0v) is 20.9. The van der Waals surface area contributed by atoms with E-state index in [1.54, 1.807) is 15.9 Å². The van der Waals surface area contributed by atoms with Gasteiger partial charge in [0, 0.05) is 34.7 Å². The van der Waals surface area contributed by atoms with Gasteiger partial charge in [-0.3, -0.25) is 9.59 Å². The average molecular weight is 560 g/mol. The Kier molecular flexibility index (Phi) is 7.21. The van der Waals surface area contributed by atoms with Crippen LogP contribution in [0.2, 0.25) is 0 Å². The van der Waals surface area contributed by atoms with Gasteiger partial charge in [0.25, 0.3) is 5.91 Å². The lowest BCUT2D eigenvalue weighted by atomic mass is 9.83. The van der Waals surface area contributed by atoms with E-state index in [-0.39, 0.29) is 43.4 Å². The minimum Gasteiger partial charge on any atom is -0.395 e. The molecule has 2 amide bonds. The molecule has 0 radical (unpaired) electrons. The van der Waals surface area contributed by atoms with E-state index < -0.39 is 5.60 Å². The molecule has 4 rings (SSSR count). The highest BCUT2D eigenvalue weighted by molar-refractivity contribution is 14.1. The highest BCUT2D eigenvalue weighted by Crippen LogP contribution is 2.53. The number of carbonyl (C=O) groups excluding carboxylic acids is 2. The van der Waals surface area contributed by atoms with Crippen LogP contribution in [0.25, 0.3) is 0 Å². The summed E-state index contributed by atoms with van der Waals surface area (Å²) in [6.07, 6.45) is 2.13. The Bertz CT molecular complexity index is 1040. The Morgan fingerprint density at radius 3 is 2.79 bits per heavy atom. The van der Waals surface area contributed by atoms with Crippen molar-refractivity contribution < 1.29 is 19.4 Å². The molecule has 1 spiro atoms. The molecule has 174 valence electrons. The molecule has 2 aliphatic heterocycles. The van der Waals surface area contributed by atoms with E-state index in [2.05, 4.69) is 29.2 Å². The fraction of sp³-hybridized carbons (Fsp3) is 0.385. The molecule has 0 saturated carbocycles. The van der Waals surface area contributed by atoms with Crippen LogP contribution >= 0.6 is 22.6 Å². The van der Waals surface area contributed by atoms with Gasteiger partial charge in [-0.1, -0.05) is 43.3 Å². The second kappa shape index (κ2) is 9.95. The Hall–Kier alpha value is -2.23. The predicted molar refractivity (Wildman–Crippen MR) is 136 cm³/mol. The number of carbonyl (C=O) groups is 2. The monoisotopic (exact) mass is 560 g/mol. The van der Waals surface area contributed by atoms with E-state index in [1.807, 2.05) is 55.5 Å². The smallest absolute Gasteiger partial charge is 0.264 e. The van der Waals surface area contributed by atoms with E-state index in [1.165, 1.54) is 0 Å². The van der Waals surface area contributed by atoms with Gasteiger partial charge >= 0.3 is 0 Å². The third kappa shape index (κ3) is 4.46. The summed E-state index contributed by atoms with van der Waals surface area (Å²) in [4.78, 5) is 30.2. The van der Waals surface area contributed by atoms with Gasteiger partial charge in [0.05, 0.1) is 24.8 Å². The molecule has 1 saturated heterocycles. The Labute approximate surface area is 208 Å². The van der Waals surface area contributed by atoms with Crippen molar-refractivity contribution in [3.63, 3.8) is 0 Å². The highest BCUT2D eigenvalue weighted by atomic mass is 127. The molecule has 33 heavy (non-hydrogen) atoms. The van der Waals surface area contributed by atoms with Crippen LogP contribution in [0.5, 0.6) is 0 Å². The van der Waals surface area contributed by atoms with Crippen molar-refractivity contribution in [3.8, 4) is 0 Å². The SMILES string of the molecule is C=CCN1C(=O)[C@]2(O[C@H](CC(=O)N(CCO)Cc3ccccc3)C[C@@H]2C)c2cc(I)ccc21. The number of anilines is 1. The van der Waals surface area contributed by atoms with E-state index in [4.69, 9.17) is 4.74 Å². The van der Waals surface area contributed by atoms with Gasteiger partial charge in [0.15, 0.2) is 5.60 Å². The van der Waals surface area contributed by atoms with Crippen molar-refractivity contribution in [2.24, 2.45) is 5.92 Å². The number of ether oxygens (including phenoxy) is 1. The van der Waals surface area contributed by atoms with Gasteiger partial charge < -0.3 is 19.6 Å². The van der Waals surface area contributed by atoms with Gasteiger partial charge in [-0.15, -0.1) is 6.58 Å². The van der Waals surface area contributed by atoms with Crippen LogP contribution in [0.3, 0.4) is 0 Å². The molecule has 0 aromatic heterocycles. The van der Waals surface area contributed by atoms with Gasteiger partial charge in [0.2, 0.25) is 5.91 Å². The molecule has 1 N–H and O–H groups in total. The summed E-state index contributed by atoms with van der Waals surface area (Å²) < 4.78 is 7.54. The maximum absolute atomic E-state index is 13.6. The van der Waals surface area contributed by atoms with Gasteiger partial charge in [-0.05, 0) is 52.8 Å². The van der Waals surface area contributed by atoms with E-state index in [0.717, 1.165) is 20.4 Å². The number of halogens is 1. The molecular weight excluding hydrogens is 531 g/mol. The molecule has 2 aromatic carbocycles. The molecular formula is C26H29IN2O4. The molecule has 2 heterocycles. The van der Waals surface area contributed by atoms with Crippen molar-refractivity contribution >= 4 is 40.1 Å². The number of hydrogen-bond donors (Lipinski definition) is 1. The lowest BCUT2D eigenvalue weighted by Gasteiger charge is -2.28. The maximum atomic E-state index is 13.6. The normalized spacial score (nSPS) is 23.7. The third-order valence-corrected chi connectivity index (χ3v) is 7.20. The molecule has 0 aliphatic carbocycles. The minimum atomic E-state index is -1.08. The number of hydrogen-bond acceptors (Lipinski definition) is 4. The van der Waals surface area contributed by atoms with Crippen LogP contribution in [0.15, 0.2) is 61.2 Å². The van der Waals surface area contributed by atoms with Crippen molar-refractivity contribution in [3.05, 3.63) is 75.9 Å². The van der Waals surface area contributed by atoms with Crippen molar-refractivity contribution in [1.29, 1.82) is 0 Å². The van der Waals surface area contributed by atoms with Crippen LogP contribution in [0.1, 0.15) is 30.9 Å². The Morgan fingerprint density at radius 1 is 1.33 bits per heavy atom. The molecule has 2 aliphatic rings. The lowest BCUT2D eigenvalue weighted by molar-refractivity contribution is -0.149. The third-order valence-electron chi connectivity index (χ3n) is 6.53. The predicted octanol–water partition coefficient (Wildman–Crippen LogP) is 3.86. The molecule has 2 aromatic rings. The fourth-order valence-corrected chi connectivity index (χ4v) is 5.51. The quantitative estimate of drug-likeness (QED) is 0.394. The standard InChI is InChI=1S/C26H29IN2O4/c1-3-11-29-23-10-9-20(27)15-22(23)26(25(29)32)18(2)14-21(33-26)16-24(31)28(12-13-30)17-19-7-5-4-6-8-19/h3-10,15,18,21,30H,1,11-14,16-17H2,2H3/t18-,21-,26+/m0/s1. The van der Waals surface area contributed by atoms with Crippen LogP contribution < -0.4 is 4.90 Å². The number of aliphatic hydroxyl groups excluding tert-OH is 1. The second-order valence-electron chi connectivity index (χ2n) is 8.71. The summed E-state index contributed by atoms with van der Waals surface area (Å²) in [7, 11) is 0. The van der Waals surface area contributed by atoms with Gasteiger partial charge in [-0.25, -0.2) is 0 Å². The lowest BCUT2D eigenvalue weighted by Crippen LogP contribution is -2.44. The first-order valence-electron chi connectivity index (χ1n) is 11.2. The average Bonchev–Trinajstić information content (AvgIpc) is 3.24. The zero-order chi connectivity index (χ0) is 23.6. The summed E-state index contributed by atoms with van der Waals surface area (Å²) in [6.45, 7) is 6.82. The van der Waals surface area contributed by atoms with Crippen LogP contribution in [-0.4, -0.2) is 47.6 Å². The molecule has 7 heteroatoms. The summed E-state index contributed by atoms with van der Waals surface area (Å²) in [5.74, 6) is -0.244. The zero-order valence-electron chi connectivity index (χ0n) is 18.7. The summed E-state index contributed by atoms with van der Waals surface area (Å²) in [5, 5.41) is 9.50. The summed E-state index contributed by atoms with van der Waals surface area (Å²) >= 11 is 2.25. The van der Waals surface area contributed by atoms with Crippen LogP contribution in [0.4, 0.5) is 5.69 Å². The second-order valence-corrected chi connectivity index (χ2v) is 9.95. The maximum Gasteiger partial charge on any atom is 0.264 e. The van der Waals surface area contributed by atoms with E-state index in [9.17, 15) is 14.7 Å². The van der Waals surface area contributed by atoms with Crippen LogP contribution in [-0.2, 0) is 26.5 Å². The topological polar surface area (TPSA) is 70.1 Å².